The monoisotopic (exact) mass is 229 g/mol. The second-order valence-electron chi connectivity index (χ2n) is 3.84. The molecular formula is C13H15N3O. The molecule has 4 heteroatoms. The van der Waals surface area contributed by atoms with Gasteiger partial charge in [-0.3, -0.25) is 4.79 Å². The van der Waals surface area contributed by atoms with Gasteiger partial charge >= 0.3 is 0 Å². The van der Waals surface area contributed by atoms with Gasteiger partial charge in [0.15, 0.2) is 5.78 Å². The van der Waals surface area contributed by atoms with Crippen LogP contribution < -0.4 is 5.32 Å². The van der Waals surface area contributed by atoms with E-state index < -0.39 is 0 Å². The molecule has 0 aliphatic carbocycles. The Morgan fingerprint density at radius 2 is 2.00 bits per heavy atom. The van der Waals surface area contributed by atoms with Gasteiger partial charge in [0.2, 0.25) is 0 Å². The summed E-state index contributed by atoms with van der Waals surface area (Å²) in [5.41, 5.74) is 1.49. The fourth-order valence-electron chi connectivity index (χ4n) is 1.62. The van der Waals surface area contributed by atoms with E-state index in [-0.39, 0.29) is 11.8 Å². The lowest BCUT2D eigenvalue weighted by atomic mass is 10.1. The molecular weight excluding hydrogens is 214 g/mol. The molecule has 0 bridgehead atoms. The minimum atomic E-state index is -0.214. The molecule has 1 atom stereocenters. The van der Waals surface area contributed by atoms with E-state index in [9.17, 15) is 4.79 Å². The molecule has 0 spiro atoms. The zero-order chi connectivity index (χ0) is 12.3. The van der Waals surface area contributed by atoms with Gasteiger partial charge in [-0.05, 0) is 32.2 Å². The number of carbonyl (C=O) groups excluding carboxylic acids is 1. The summed E-state index contributed by atoms with van der Waals surface area (Å²) in [5, 5.41) is 7.13. The standard InChI is InChI=1S/C13H15N3O/c1-10(14-2)13(17)12-8-9-15-16(12)11-6-4-3-5-7-11/h3-10,14H,1-2H3. The van der Waals surface area contributed by atoms with Crippen molar-refractivity contribution in [3.8, 4) is 5.69 Å². The first-order valence-corrected chi connectivity index (χ1v) is 5.55. The highest BCUT2D eigenvalue weighted by Crippen LogP contribution is 2.11. The van der Waals surface area contributed by atoms with E-state index in [0.717, 1.165) is 5.69 Å². The number of nitrogens with zero attached hydrogens (tertiary/aromatic N) is 2. The molecule has 17 heavy (non-hydrogen) atoms. The third-order valence-electron chi connectivity index (χ3n) is 2.72. The highest BCUT2D eigenvalue weighted by molar-refractivity contribution is 5.98. The number of aromatic nitrogens is 2. The van der Waals surface area contributed by atoms with Crippen LogP contribution in [0, 0.1) is 0 Å². The lowest BCUT2D eigenvalue weighted by Gasteiger charge is -2.11. The van der Waals surface area contributed by atoms with Crippen LogP contribution in [0.4, 0.5) is 0 Å². The van der Waals surface area contributed by atoms with Crippen LogP contribution in [-0.4, -0.2) is 28.7 Å². The number of ketones is 1. The molecule has 2 rings (SSSR count). The molecule has 1 unspecified atom stereocenters. The zero-order valence-corrected chi connectivity index (χ0v) is 9.92. The average molecular weight is 229 g/mol. The van der Waals surface area contributed by atoms with Gasteiger partial charge in [0, 0.05) is 0 Å². The summed E-state index contributed by atoms with van der Waals surface area (Å²) in [6.45, 7) is 1.84. The normalized spacial score (nSPS) is 12.4. The molecule has 0 amide bonds. The fourth-order valence-corrected chi connectivity index (χ4v) is 1.62. The quantitative estimate of drug-likeness (QED) is 0.811. The molecule has 1 N–H and O–H groups in total. The predicted octanol–water partition coefficient (Wildman–Crippen LogP) is 1.66. The van der Waals surface area contributed by atoms with Crippen molar-refractivity contribution in [1.82, 2.24) is 15.1 Å². The summed E-state index contributed by atoms with van der Waals surface area (Å²) in [7, 11) is 1.77. The molecule has 88 valence electrons. The van der Waals surface area contributed by atoms with Gasteiger partial charge in [-0.2, -0.15) is 5.10 Å². The van der Waals surface area contributed by atoms with E-state index >= 15 is 0 Å². The number of nitrogens with one attached hydrogen (secondary N) is 1. The summed E-state index contributed by atoms with van der Waals surface area (Å²) >= 11 is 0. The smallest absolute Gasteiger partial charge is 0.197 e. The van der Waals surface area contributed by atoms with E-state index in [1.165, 1.54) is 0 Å². The summed E-state index contributed by atoms with van der Waals surface area (Å²) in [4.78, 5) is 12.1. The maximum absolute atomic E-state index is 12.1. The van der Waals surface area contributed by atoms with Crippen LogP contribution in [0.25, 0.3) is 5.69 Å². The molecule has 0 saturated heterocycles. The van der Waals surface area contributed by atoms with Crippen LogP contribution in [0.5, 0.6) is 0 Å². The van der Waals surface area contributed by atoms with Crippen molar-refractivity contribution in [3.05, 3.63) is 48.3 Å². The number of hydrogen-bond acceptors (Lipinski definition) is 3. The minimum Gasteiger partial charge on any atom is -0.310 e. The molecule has 0 radical (unpaired) electrons. The third-order valence-corrected chi connectivity index (χ3v) is 2.72. The van der Waals surface area contributed by atoms with Gasteiger partial charge in [-0.1, -0.05) is 18.2 Å². The predicted molar refractivity (Wildman–Crippen MR) is 66.4 cm³/mol. The average Bonchev–Trinajstić information content (AvgIpc) is 2.87. The largest absolute Gasteiger partial charge is 0.310 e. The SMILES string of the molecule is CNC(C)C(=O)c1ccnn1-c1ccccc1. The van der Waals surface area contributed by atoms with Crippen molar-refractivity contribution in [3.63, 3.8) is 0 Å². The summed E-state index contributed by atoms with van der Waals surface area (Å²) in [6.07, 6.45) is 1.64. The van der Waals surface area contributed by atoms with Gasteiger partial charge in [-0.25, -0.2) is 4.68 Å². The molecule has 0 aliphatic rings. The number of rotatable bonds is 4. The lowest BCUT2D eigenvalue weighted by molar-refractivity contribution is 0.0947. The molecule has 4 nitrogen and oxygen atoms in total. The molecule has 1 heterocycles. The minimum absolute atomic E-state index is 0.0360. The first kappa shape index (κ1) is 11.5. The number of carbonyl (C=O) groups is 1. The molecule has 1 aromatic heterocycles. The van der Waals surface area contributed by atoms with Crippen molar-refractivity contribution in [2.75, 3.05) is 7.05 Å². The van der Waals surface area contributed by atoms with E-state index in [2.05, 4.69) is 10.4 Å². The Bertz CT molecular complexity index is 504. The Hall–Kier alpha value is -1.94. The summed E-state index contributed by atoms with van der Waals surface area (Å²) in [5.74, 6) is 0.0360. The first-order valence-electron chi connectivity index (χ1n) is 5.55. The van der Waals surface area contributed by atoms with Gasteiger partial charge in [0.1, 0.15) is 5.69 Å². The van der Waals surface area contributed by atoms with E-state index in [4.69, 9.17) is 0 Å². The second kappa shape index (κ2) is 4.93. The van der Waals surface area contributed by atoms with Gasteiger partial charge in [0.05, 0.1) is 17.9 Å². The van der Waals surface area contributed by atoms with E-state index in [0.29, 0.717) is 5.69 Å². The highest BCUT2D eigenvalue weighted by atomic mass is 16.1. The Morgan fingerprint density at radius 1 is 1.29 bits per heavy atom. The molecule has 0 fully saturated rings. The maximum Gasteiger partial charge on any atom is 0.197 e. The van der Waals surface area contributed by atoms with Crippen LogP contribution in [-0.2, 0) is 0 Å². The number of Topliss-reactive ketones (excluding diaryl/α,β-unsaturated/α-hetero) is 1. The van der Waals surface area contributed by atoms with Crippen molar-refractivity contribution in [1.29, 1.82) is 0 Å². The van der Waals surface area contributed by atoms with Gasteiger partial charge in [0.25, 0.3) is 0 Å². The summed E-state index contributed by atoms with van der Waals surface area (Å²) in [6, 6.07) is 11.2. The Kier molecular flexibility index (Phi) is 3.35. The molecule has 0 saturated carbocycles. The van der Waals surface area contributed by atoms with Crippen molar-refractivity contribution >= 4 is 5.78 Å². The number of likely N-dealkylation sites (N-methyl/N-ethyl adjacent to an activating group) is 1. The van der Waals surface area contributed by atoms with Crippen molar-refractivity contribution < 1.29 is 4.79 Å². The van der Waals surface area contributed by atoms with Crippen LogP contribution in [0.3, 0.4) is 0 Å². The van der Waals surface area contributed by atoms with Crippen LogP contribution >= 0.6 is 0 Å². The first-order chi connectivity index (χ1) is 8.24. The van der Waals surface area contributed by atoms with E-state index in [1.54, 1.807) is 24.0 Å². The van der Waals surface area contributed by atoms with E-state index in [1.807, 2.05) is 37.3 Å². The van der Waals surface area contributed by atoms with Gasteiger partial charge < -0.3 is 5.32 Å². The third kappa shape index (κ3) is 2.26. The number of benzene rings is 1. The van der Waals surface area contributed by atoms with Crippen LogP contribution in [0.15, 0.2) is 42.6 Å². The van der Waals surface area contributed by atoms with Gasteiger partial charge in [-0.15, -0.1) is 0 Å². The molecule has 2 aromatic rings. The molecule has 1 aromatic carbocycles. The Balaban J connectivity index is 2.39. The van der Waals surface area contributed by atoms with Crippen LogP contribution in [0.2, 0.25) is 0 Å². The molecule has 0 aliphatic heterocycles. The fraction of sp³-hybridized carbons (Fsp3) is 0.231. The maximum atomic E-state index is 12.1. The highest BCUT2D eigenvalue weighted by Gasteiger charge is 2.18. The Labute approximate surface area is 100 Å². The number of para-hydroxylation sites is 1. The lowest BCUT2D eigenvalue weighted by Crippen LogP contribution is -2.32. The summed E-state index contributed by atoms with van der Waals surface area (Å²) < 4.78 is 1.66. The number of hydrogen-bond donors (Lipinski definition) is 1. The topological polar surface area (TPSA) is 46.9 Å². The Morgan fingerprint density at radius 3 is 2.65 bits per heavy atom. The van der Waals surface area contributed by atoms with Crippen LogP contribution in [0.1, 0.15) is 17.4 Å². The second-order valence-corrected chi connectivity index (χ2v) is 3.84. The zero-order valence-electron chi connectivity index (χ0n) is 9.92. The van der Waals surface area contributed by atoms with Crippen molar-refractivity contribution in [2.45, 2.75) is 13.0 Å². The van der Waals surface area contributed by atoms with Crippen molar-refractivity contribution in [2.24, 2.45) is 0 Å².